The van der Waals surface area contributed by atoms with Gasteiger partial charge in [-0.1, -0.05) is 12.2 Å². The molecule has 0 radical (unpaired) electrons. The Morgan fingerprint density at radius 1 is 1.33 bits per heavy atom. The molecule has 0 saturated carbocycles. The Hall–Kier alpha value is -0.830. The summed E-state index contributed by atoms with van der Waals surface area (Å²) in [5.74, 6) is -0.555. The molecule has 0 aromatic heterocycles. The van der Waals surface area contributed by atoms with Crippen molar-refractivity contribution in [1.82, 2.24) is 0 Å². The minimum Gasteiger partial charge on any atom is -0.481 e. The maximum Gasteiger partial charge on any atom is 0.309 e. The van der Waals surface area contributed by atoms with Crippen molar-refractivity contribution in [3.63, 3.8) is 0 Å². The Bertz CT molecular complexity index is 260. The highest BCUT2D eigenvalue weighted by Gasteiger charge is 2.36. The normalized spacial score (nSPS) is 36.4. The van der Waals surface area contributed by atoms with E-state index in [0.29, 0.717) is 5.92 Å². The third-order valence-electron chi connectivity index (χ3n) is 3.46. The van der Waals surface area contributed by atoms with Gasteiger partial charge in [-0.15, -0.1) is 0 Å². The number of carboxylic acid groups (broad SMARTS) is 1. The van der Waals surface area contributed by atoms with Gasteiger partial charge in [0.05, 0.1) is 12.0 Å². The molecule has 1 heterocycles. The van der Waals surface area contributed by atoms with Crippen molar-refractivity contribution in [1.29, 1.82) is 0 Å². The molecule has 0 spiro atoms. The minimum absolute atomic E-state index is 0.0544. The van der Waals surface area contributed by atoms with Gasteiger partial charge in [-0.2, -0.15) is 0 Å². The number of carbonyl (C=O) groups is 1. The summed E-state index contributed by atoms with van der Waals surface area (Å²) >= 11 is 0. The fourth-order valence-electron chi connectivity index (χ4n) is 2.65. The number of hydrogen-bond donors (Lipinski definition) is 1. The van der Waals surface area contributed by atoms with E-state index in [0.717, 1.165) is 38.7 Å². The number of rotatable bonds is 2. The van der Waals surface area contributed by atoms with Gasteiger partial charge >= 0.3 is 5.97 Å². The number of aliphatic carboxylic acids is 1. The van der Waals surface area contributed by atoms with Crippen LogP contribution in [0.25, 0.3) is 0 Å². The summed E-state index contributed by atoms with van der Waals surface area (Å²) in [6.45, 7) is 0.731. The van der Waals surface area contributed by atoms with Gasteiger partial charge in [0, 0.05) is 6.61 Å². The molecule has 3 atom stereocenters. The third kappa shape index (κ3) is 2.40. The van der Waals surface area contributed by atoms with Crippen LogP contribution < -0.4 is 0 Å². The Balaban J connectivity index is 2.03. The minimum atomic E-state index is -0.686. The summed E-state index contributed by atoms with van der Waals surface area (Å²) in [6, 6.07) is 0. The zero-order chi connectivity index (χ0) is 10.7. The van der Waals surface area contributed by atoms with Gasteiger partial charge < -0.3 is 9.84 Å². The maximum absolute atomic E-state index is 11.1. The third-order valence-corrected chi connectivity index (χ3v) is 3.46. The first-order valence-corrected chi connectivity index (χ1v) is 5.78. The van der Waals surface area contributed by atoms with Crippen molar-refractivity contribution in [2.45, 2.75) is 38.2 Å². The van der Waals surface area contributed by atoms with Crippen LogP contribution in [0.1, 0.15) is 32.1 Å². The highest BCUT2D eigenvalue weighted by atomic mass is 16.5. The summed E-state index contributed by atoms with van der Waals surface area (Å²) in [4.78, 5) is 11.1. The Morgan fingerprint density at radius 3 is 2.87 bits per heavy atom. The topological polar surface area (TPSA) is 46.5 Å². The predicted molar refractivity (Wildman–Crippen MR) is 56.6 cm³/mol. The number of carboxylic acids is 1. The number of ether oxygens (including phenoxy) is 1. The van der Waals surface area contributed by atoms with E-state index in [1.54, 1.807) is 0 Å². The fraction of sp³-hybridized carbons (Fsp3) is 0.750. The van der Waals surface area contributed by atoms with E-state index in [1.165, 1.54) is 0 Å². The molecule has 0 aromatic rings. The zero-order valence-corrected chi connectivity index (χ0v) is 8.89. The van der Waals surface area contributed by atoms with E-state index in [9.17, 15) is 4.79 Å². The standard InChI is InChI=1S/C12H18O3/c13-12(14)10-7-4-8-15-11(10)9-5-2-1-3-6-9/h1-2,9-11H,3-8H2,(H,13,14). The molecule has 1 aliphatic heterocycles. The molecule has 2 rings (SSSR count). The van der Waals surface area contributed by atoms with E-state index in [2.05, 4.69) is 12.2 Å². The monoisotopic (exact) mass is 210 g/mol. The molecule has 0 amide bonds. The van der Waals surface area contributed by atoms with Crippen molar-refractivity contribution < 1.29 is 14.6 Å². The summed E-state index contributed by atoms with van der Waals surface area (Å²) in [7, 11) is 0. The first kappa shape index (κ1) is 10.7. The molecule has 1 saturated heterocycles. The largest absolute Gasteiger partial charge is 0.481 e. The van der Waals surface area contributed by atoms with Crippen LogP contribution in [0.5, 0.6) is 0 Å². The fourth-order valence-corrected chi connectivity index (χ4v) is 2.65. The summed E-state index contributed by atoms with van der Waals surface area (Å²) < 4.78 is 5.68. The maximum atomic E-state index is 11.1. The molecule has 84 valence electrons. The molecule has 0 aromatic carbocycles. The second-order valence-electron chi connectivity index (χ2n) is 4.47. The van der Waals surface area contributed by atoms with Crippen molar-refractivity contribution in [3.8, 4) is 0 Å². The molecule has 3 nitrogen and oxygen atoms in total. The molecule has 1 fully saturated rings. The van der Waals surface area contributed by atoms with Gasteiger partial charge in [0.2, 0.25) is 0 Å². The average Bonchev–Trinajstić information content (AvgIpc) is 2.30. The first-order chi connectivity index (χ1) is 7.29. The predicted octanol–water partition coefficient (Wildman–Crippen LogP) is 2.22. The van der Waals surface area contributed by atoms with Gasteiger partial charge in [0.25, 0.3) is 0 Å². The quantitative estimate of drug-likeness (QED) is 0.711. The van der Waals surface area contributed by atoms with Crippen LogP contribution in [-0.4, -0.2) is 23.8 Å². The van der Waals surface area contributed by atoms with E-state index in [1.807, 2.05) is 0 Å². The highest BCUT2D eigenvalue weighted by Crippen LogP contribution is 2.33. The van der Waals surface area contributed by atoms with Crippen LogP contribution in [-0.2, 0) is 9.53 Å². The lowest BCUT2D eigenvalue weighted by Crippen LogP contribution is -2.40. The van der Waals surface area contributed by atoms with Crippen molar-refractivity contribution >= 4 is 5.97 Å². The Morgan fingerprint density at radius 2 is 2.20 bits per heavy atom. The van der Waals surface area contributed by atoms with Crippen LogP contribution in [0.15, 0.2) is 12.2 Å². The van der Waals surface area contributed by atoms with E-state index < -0.39 is 5.97 Å². The van der Waals surface area contributed by atoms with E-state index >= 15 is 0 Å². The Labute approximate surface area is 90.1 Å². The lowest BCUT2D eigenvalue weighted by Gasteiger charge is -2.35. The Kier molecular flexibility index (Phi) is 3.41. The van der Waals surface area contributed by atoms with Crippen LogP contribution >= 0.6 is 0 Å². The van der Waals surface area contributed by atoms with Crippen LogP contribution in [0, 0.1) is 11.8 Å². The number of hydrogen-bond acceptors (Lipinski definition) is 2. The molecule has 15 heavy (non-hydrogen) atoms. The summed E-state index contributed by atoms with van der Waals surface area (Å²) in [5.41, 5.74) is 0. The van der Waals surface area contributed by atoms with Gasteiger partial charge in [0.1, 0.15) is 0 Å². The van der Waals surface area contributed by atoms with E-state index in [-0.39, 0.29) is 12.0 Å². The smallest absolute Gasteiger partial charge is 0.309 e. The second-order valence-corrected chi connectivity index (χ2v) is 4.47. The van der Waals surface area contributed by atoms with Crippen molar-refractivity contribution in [2.24, 2.45) is 11.8 Å². The average molecular weight is 210 g/mol. The first-order valence-electron chi connectivity index (χ1n) is 5.78. The van der Waals surface area contributed by atoms with Crippen LogP contribution in [0.2, 0.25) is 0 Å². The molecular weight excluding hydrogens is 192 g/mol. The second kappa shape index (κ2) is 4.79. The summed E-state index contributed by atoms with van der Waals surface area (Å²) in [6.07, 6.45) is 9.06. The van der Waals surface area contributed by atoms with E-state index in [4.69, 9.17) is 9.84 Å². The lowest BCUT2D eigenvalue weighted by atomic mass is 9.80. The van der Waals surface area contributed by atoms with Crippen LogP contribution in [0.4, 0.5) is 0 Å². The van der Waals surface area contributed by atoms with Crippen molar-refractivity contribution in [2.75, 3.05) is 6.61 Å². The molecule has 1 N–H and O–H groups in total. The molecule has 1 aliphatic carbocycles. The number of allylic oxidation sites excluding steroid dienone is 2. The van der Waals surface area contributed by atoms with Gasteiger partial charge in [-0.25, -0.2) is 0 Å². The van der Waals surface area contributed by atoms with Gasteiger partial charge in [-0.3, -0.25) is 4.79 Å². The molecule has 3 unspecified atom stereocenters. The molecule has 0 bridgehead atoms. The molecule has 3 heteroatoms. The van der Waals surface area contributed by atoms with Crippen molar-refractivity contribution in [3.05, 3.63) is 12.2 Å². The zero-order valence-electron chi connectivity index (χ0n) is 8.89. The lowest BCUT2D eigenvalue weighted by molar-refractivity contribution is -0.155. The summed E-state index contributed by atoms with van der Waals surface area (Å²) in [5, 5.41) is 9.14. The molecular formula is C12H18O3. The highest BCUT2D eigenvalue weighted by molar-refractivity contribution is 5.70. The molecule has 2 aliphatic rings. The SMILES string of the molecule is O=C(O)C1CCCOC1C1CC=CCC1. The van der Waals surface area contributed by atoms with Crippen LogP contribution in [0.3, 0.4) is 0 Å². The van der Waals surface area contributed by atoms with Gasteiger partial charge in [-0.05, 0) is 38.0 Å². The van der Waals surface area contributed by atoms with Gasteiger partial charge in [0.15, 0.2) is 0 Å².